The van der Waals surface area contributed by atoms with E-state index in [1.54, 1.807) is 19.0 Å². The summed E-state index contributed by atoms with van der Waals surface area (Å²) in [6.45, 7) is 4.10. The Labute approximate surface area is 102 Å². The summed E-state index contributed by atoms with van der Waals surface area (Å²) in [5, 5.41) is 0.676. The molecule has 1 unspecified atom stereocenters. The summed E-state index contributed by atoms with van der Waals surface area (Å²) in [6, 6.07) is 7.53. The zero-order chi connectivity index (χ0) is 12.3. The summed E-state index contributed by atoms with van der Waals surface area (Å²) >= 11 is 5.95. The van der Waals surface area contributed by atoms with Gasteiger partial charge >= 0.3 is 0 Å². The van der Waals surface area contributed by atoms with Gasteiger partial charge in [0.1, 0.15) is 0 Å². The highest BCUT2D eigenvalue weighted by atomic mass is 35.5. The number of carbonyl (C=O) groups is 1. The molecule has 0 fully saturated rings. The van der Waals surface area contributed by atoms with E-state index in [1.165, 1.54) is 0 Å². The number of amides is 1. The van der Waals surface area contributed by atoms with Gasteiger partial charge in [-0.3, -0.25) is 4.79 Å². The minimum absolute atomic E-state index is 0.117. The molecule has 0 N–H and O–H groups in total. The van der Waals surface area contributed by atoms with E-state index < -0.39 is 0 Å². The molecular weight excluding hydrogens is 222 g/mol. The number of benzene rings is 1. The Balaban J connectivity index is 3.08. The SMILES string of the molecule is CC(C)C(C(=O)N(C)C)c1cccc(Cl)c1. The van der Waals surface area contributed by atoms with Crippen molar-refractivity contribution in [1.29, 1.82) is 0 Å². The summed E-state index contributed by atoms with van der Waals surface area (Å²) in [5.74, 6) is 0.263. The summed E-state index contributed by atoms with van der Waals surface area (Å²) in [5.41, 5.74) is 0.987. The second-order valence-electron chi connectivity index (χ2n) is 4.51. The van der Waals surface area contributed by atoms with Crippen LogP contribution in [0.15, 0.2) is 24.3 Å². The van der Waals surface area contributed by atoms with Crippen molar-refractivity contribution in [3.63, 3.8) is 0 Å². The van der Waals surface area contributed by atoms with Crippen LogP contribution in [0, 0.1) is 5.92 Å². The van der Waals surface area contributed by atoms with Crippen LogP contribution in [0.2, 0.25) is 5.02 Å². The van der Waals surface area contributed by atoms with Crippen molar-refractivity contribution in [2.45, 2.75) is 19.8 Å². The lowest BCUT2D eigenvalue weighted by atomic mass is 9.87. The molecule has 0 aromatic heterocycles. The quantitative estimate of drug-likeness (QED) is 0.794. The van der Waals surface area contributed by atoms with E-state index in [9.17, 15) is 4.79 Å². The first-order chi connectivity index (χ1) is 7.43. The molecule has 1 amide bonds. The van der Waals surface area contributed by atoms with Gasteiger partial charge in [-0.2, -0.15) is 0 Å². The number of rotatable bonds is 3. The zero-order valence-corrected chi connectivity index (χ0v) is 11.0. The average molecular weight is 240 g/mol. The van der Waals surface area contributed by atoms with E-state index in [0.717, 1.165) is 5.56 Å². The maximum atomic E-state index is 12.1. The maximum Gasteiger partial charge on any atom is 0.229 e. The Hall–Kier alpha value is -1.02. The molecule has 0 heterocycles. The van der Waals surface area contributed by atoms with Gasteiger partial charge in [-0.05, 0) is 23.6 Å². The van der Waals surface area contributed by atoms with Crippen molar-refractivity contribution in [2.75, 3.05) is 14.1 Å². The van der Waals surface area contributed by atoms with Gasteiger partial charge in [0.05, 0.1) is 5.92 Å². The lowest BCUT2D eigenvalue weighted by molar-refractivity contribution is -0.131. The van der Waals surface area contributed by atoms with Gasteiger partial charge < -0.3 is 4.90 Å². The van der Waals surface area contributed by atoms with Crippen LogP contribution in [0.4, 0.5) is 0 Å². The fourth-order valence-corrected chi connectivity index (χ4v) is 1.99. The van der Waals surface area contributed by atoms with Crippen molar-refractivity contribution in [3.8, 4) is 0 Å². The molecule has 0 aliphatic heterocycles. The Morgan fingerprint density at radius 3 is 2.38 bits per heavy atom. The first-order valence-corrected chi connectivity index (χ1v) is 5.78. The third-order valence-electron chi connectivity index (χ3n) is 2.58. The molecule has 2 nitrogen and oxygen atoms in total. The number of halogens is 1. The summed E-state index contributed by atoms with van der Waals surface area (Å²) in [4.78, 5) is 13.7. The van der Waals surface area contributed by atoms with Gasteiger partial charge in [0.15, 0.2) is 0 Å². The first-order valence-electron chi connectivity index (χ1n) is 5.40. The topological polar surface area (TPSA) is 20.3 Å². The molecule has 3 heteroatoms. The van der Waals surface area contributed by atoms with Crippen molar-refractivity contribution in [3.05, 3.63) is 34.9 Å². The van der Waals surface area contributed by atoms with Crippen molar-refractivity contribution < 1.29 is 4.79 Å². The highest BCUT2D eigenvalue weighted by Crippen LogP contribution is 2.27. The number of hydrogen-bond donors (Lipinski definition) is 0. The van der Waals surface area contributed by atoms with Gasteiger partial charge in [0, 0.05) is 19.1 Å². The summed E-state index contributed by atoms with van der Waals surface area (Å²) in [6.07, 6.45) is 0. The molecule has 0 aliphatic rings. The van der Waals surface area contributed by atoms with E-state index in [0.29, 0.717) is 5.02 Å². The van der Waals surface area contributed by atoms with Gasteiger partial charge in [0.2, 0.25) is 5.91 Å². The van der Waals surface area contributed by atoms with Crippen molar-refractivity contribution in [1.82, 2.24) is 4.90 Å². The molecule has 1 aromatic carbocycles. The largest absolute Gasteiger partial charge is 0.348 e. The standard InChI is InChI=1S/C13H18ClNO/c1-9(2)12(13(16)15(3)4)10-6-5-7-11(14)8-10/h5-9,12H,1-4H3. The fourth-order valence-electron chi connectivity index (χ4n) is 1.79. The predicted molar refractivity (Wildman–Crippen MR) is 67.7 cm³/mol. The number of nitrogens with zero attached hydrogens (tertiary/aromatic N) is 1. The molecule has 16 heavy (non-hydrogen) atoms. The van der Waals surface area contributed by atoms with Crippen LogP contribution in [-0.2, 0) is 4.79 Å². The highest BCUT2D eigenvalue weighted by Gasteiger charge is 2.25. The molecule has 0 saturated carbocycles. The molecule has 0 bridgehead atoms. The van der Waals surface area contributed by atoms with Crippen LogP contribution < -0.4 is 0 Å². The van der Waals surface area contributed by atoms with Gasteiger partial charge in [-0.25, -0.2) is 0 Å². The molecule has 88 valence electrons. The third-order valence-corrected chi connectivity index (χ3v) is 2.82. The van der Waals surface area contributed by atoms with E-state index in [2.05, 4.69) is 0 Å². The van der Waals surface area contributed by atoms with Crippen LogP contribution in [0.5, 0.6) is 0 Å². The second-order valence-corrected chi connectivity index (χ2v) is 4.95. The van der Waals surface area contributed by atoms with E-state index in [-0.39, 0.29) is 17.7 Å². The van der Waals surface area contributed by atoms with Crippen LogP contribution in [0.3, 0.4) is 0 Å². The summed E-state index contributed by atoms with van der Waals surface area (Å²) < 4.78 is 0. The number of hydrogen-bond acceptors (Lipinski definition) is 1. The van der Waals surface area contributed by atoms with Crippen molar-refractivity contribution in [2.24, 2.45) is 5.92 Å². The molecule has 0 saturated heterocycles. The molecular formula is C13H18ClNO. The zero-order valence-electron chi connectivity index (χ0n) is 10.2. The van der Waals surface area contributed by atoms with E-state index >= 15 is 0 Å². The lowest BCUT2D eigenvalue weighted by Gasteiger charge is -2.24. The van der Waals surface area contributed by atoms with Crippen LogP contribution in [-0.4, -0.2) is 24.9 Å². The second kappa shape index (κ2) is 5.35. The normalized spacial score (nSPS) is 12.6. The minimum atomic E-state index is -0.117. The first kappa shape index (κ1) is 13.0. The fraction of sp³-hybridized carbons (Fsp3) is 0.462. The average Bonchev–Trinajstić information content (AvgIpc) is 2.17. The van der Waals surface area contributed by atoms with Crippen molar-refractivity contribution >= 4 is 17.5 Å². The van der Waals surface area contributed by atoms with E-state index in [4.69, 9.17) is 11.6 Å². The maximum absolute atomic E-state index is 12.1. The lowest BCUT2D eigenvalue weighted by Crippen LogP contribution is -2.31. The molecule has 0 radical (unpaired) electrons. The predicted octanol–water partition coefficient (Wildman–Crippen LogP) is 3.17. The Bertz CT molecular complexity index is 374. The van der Waals surface area contributed by atoms with E-state index in [1.807, 2.05) is 38.1 Å². The van der Waals surface area contributed by atoms with Gasteiger partial charge in [-0.15, -0.1) is 0 Å². The Morgan fingerprint density at radius 2 is 1.94 bits per heavy atom. The van der Waals surface area contributed by atoms with Gasteiger partial charge in [0.25, 0.3) is 0 Å². The molecule has 1 aromatic rings. The molecule has 1 rings (SSSR count). The monoisotopic (exact) mass is 239 g/mol. The molecule has 0 aliphatic carbocycles. The van der Waals surface area contributed by atoms with Crippen LogP contribution in [0.25, 0.3) is 0 Å². The highest BCUT2D eigenvalue weighted by molar-refractivity contribution is 6.30. The van der Waals surface area contributed by atoms with Crippen LogP contribution in [0.1, 0.15) is 25.3 Å². The van der Waals surface area contributed by atoms with Gasteiger partial charge in [-0.1, -0.05) is 37.6 Å². The third kappa shape index (κ3) is 2.99. The summed E-state index contributed by atoms with van der Waals surface area (Å²) in [7, 11) is 3.56. The smallest absolute Gasteiger partial charge is 0.229 e. The van der Waals surface area contributed by atoms with Crippen LogP contribution >= 0.6 is 11.6 Å². The Kier molecular flexibility index (Phi) is 4.36. The number of carbonyl (C=O) groups excluding carboxylic acids is 1. The Morgan fingerprint density at radius 1 is 1.31 bits per heavy atom. The minimum Gasteiger partial charge on any atom is -0.348 e. The number of likely N-dealkylation sites (N-methyl/N-ethyl adjacent to an activating group) is 1. The molecule has 0 spiro atoms. The molecule has 1 atom stereocenters.